The smallest absolute Gasteiger partial charge is 0.223 e. The van der Waals surface area contributed by atoms with E-state index in [0.717, 1.165) is 48.8 Å². The number of benzene rings is 2. The molecule has 1 aliphatic heterocycles. The lowest BCUT2D eigenvalue weighted by molar-refractivity contribution is -0.126. The molecule has 5 heteroatoms. The molecule has 1 N–H and O–H groups in total. The Kier molecular flexibility index (Phi) is 6.92. The lowest BCUT2D eigenvalue weighted by atomic mass is 9.95. The van der Waals surface area contributed by atoms with Crippen LogP contribution >= 0.6 is 11.6 Å². The minimum absolute atomic E-state index is 0.0919. The van der Waals surface area contributed by atoms with Gasteiger partial charge in [-0.05, 0) is 49.7 Å². The zero-order valence-corrected chi connectivity index (χ0v) is 15.6. The Balaban J connectivity index is 1.35. The van der Waals surface area contributed by atoms with Gasteiger partial charge in [0.15, 0.2) is 0 Å². The van der Waals surface area contributed by atoms with Crippen LogP contribution in [0.25, 0.3) is 0 Å². The van der Waals surface area contributed by atoms with Crippen molar-refractivity contribution < 1.29 is 9.53 Å². The average molecular weight is 373 g/mol. The molecule has 0 aliphatic carbocycles. The van der Waals surface area contributed by atoms with Crippen LogP contribution in [0.15, 0.2) is 54.6 Å². The van der Waals surface area contributed by atoms with E-state index < -0.39 is 0 Å². The summed E-state index contributed by atoms with van der Waals surface area (Å²) in [5, 5.41) is 3.80. The highest BCUT2D eigenvalue weighted by Gasteiger charge is 2.24. The quantitative estimate of drug-likeness (QED) is 0.752. The second kappa shape index (κ2) is 9.60. The summed E-state index contributed by atoms with van der Waals surface area (Å²) >= 11 is 6.24. The molecule has 4 nitrogen and oxygen atoms in total. The van der Waals surface area contributed by atoms with E-state index in [2.05, 4.69) is 16.3 Å². The molecular formula is C21H25ClN2O2. The molecule has 0 spiro atoms. The van der Waals surface area contributed by atoms with Crippen molar-refractivity contribution in [3.63, 3.8) is 0 Å². The Morgan fingerprint density at radius 1 is 1.08 bits per heavy atom. The van der Waals surface area contributed by atoms with Gasteiger partial charge in [-0.2, -0.15) is 0 Å². The third-order valence-corrected chi connectivity index (χ3v) is 5.09. The van der Waals surface area contributed by atoms with E-state index in [9.17, 15) is 4.79 Å². The van der Waals surface area contributed by atoms with E-state index in [4.69, 9.17) is 16.3 Å². The van der Waals surface area contributed by atoms with E-state index in [1.165, 1.54) is 0 Å². The Labute approximate surface area is 160 Å². The fourth-order valence-corrected chi connectivity index (χ4v) is 3.42. The van der Waals surface area contributed by atoms with Crippen molar-refractivity contribution in [2.75, 3.05) is 26.2 Å². The Bertz CT molecular complexity index is 700. The van der Waals surface area contributed by atoms with Gasteiger partial charge in [-0.3, -0.25) is 9.69 Å². The number of halogens is 1. The number of rotatable bonds is 7. The van der Waals surface area contributed by atoms with Gasteiger partial charge in [0.25, 0.3) is 0 Å². The fraction of sp³-hybridized carbons (Fsp3) is 0.381. The first kappa shape index (κ1) is 18.7. The maximum Gasteiger partial charge on any atom is 0.223 e. The zero-order chi connectivity index (χ0) is 18.2. The van der Waals surface area contributed by atoms with E-state index in [-0.39, 0.29) is 11.8 Å². The summed E-state index contributed by atoms with van der Waals surface area (Å²) in [5.41, 5.74) is 1.15. The highest BCUT2D eigenvalue weighted by molar-refractivity contribution is 6.31. The summed E-state index contributed by atoms with van der Waals surface area (Å²) in [6, 6.07) is 17.6. The van der Waals surface area contributed by atoms with Crippen LogP contribution in [0.5, 0.6) is 5.75 Å². The van der Waals surface area contributed by atoms with Gasteiger partial charge in [-0.1, -0.05) is 48.0 Å². The molecule has 1 aliphatic rings. The van der Waals surface area contributed by atoms with E-state index in [0.29, 0.717) is 13.2 Å². The SMILES string of the molecule is O=C(NCCOc1ccccc1)C1CCN(Cc2ccccc2Cl)CC1. The molecule has 1 fully saturated rings. The van der Waals surface area contributed by atoms with Crippen molar-refractivity contribution in [1.29, 1.82) is 0 Å². The first-order valence-corrected chi connectivity index (χ1v) is 9.51. The van der Waals surface area contributed by atoms with Crippen LogP contribution < -0.4 is 10.1 Å². The highest BCUT2D eigenvalue weighted by Crippen LogP contribution is 2.22. The van der Waals surface area contributed by atoms with Crippen LogP contribution in [0.4, 0.5) is 0 Å². The number of amides is 1. The number of carbonyl (C=O) groups is 1. The molecule has 0 aromatic heterocycles. The normalized spacial score (nSPS) is 15.6. The molecule has 0 radical (unpaired) electrons. The summed E-state index contributed by atoms with van der Waals surface area (Å²) in [4.78, 5) is 14.7. The Morgan fingerprint density at radius 2 is 1.77 bits per heavy atom. The number of piperidine rings is 1. The number of hydrogen-bond donors (Lipinski definition) is 1. The summed E-state index contributed by atoms with van der Waals surface area (Å²) in [7, 11) is 0. The molecule has 0 saturated carbocycles. The van der Waals surface area contributed by atoms with Crippen molar-refractivity contribution in [2.45, 2.75) is 19.4 Å². The predicted molar refractivity (Wildman–Crippen MR) is 104 cm³/mol. The molecule has 26 heavy (non-hydrogen) atoms. The lowest BCUT2D eigenvalue weighted by Crippen LogP contribution is -2.41. The van der Waals surface area contributed by atoms with Crippen molar-refractivity contribution >= 4 is 17.5 Å². The molecule has 2 aromatic carbocycles. The molecule has 3 rings (SSSR count). The van der Waals surface area contributed by atoms with Crippen molar-refractivity contribution in [2.24, 2.45) is 5.92 Å². The van der Waals surface area contributed by atoms with Gasteiger partial charge in [-0.15, -0.1) is 0 Å². The number of nitrogens with one attached hydrogen (secondary N) is 1. The maximum atomic E-state index is 12.3. The number of ether oxygens (including phenoxy) is 1. The molecular weight excluding hydrogens is 348 g/mol. The van der Waals surface area contributed by atoms with Gasteiger partial charge in [-0.25, -0.2) is 0 Å². The molecule has 2 aromatic rings. The van der Waals surface area contributed by atoms with Crippen LogP contribution in [0.1, 0.15) is 18.4 Å². The summed E-state index contributed by atoms with van der Waals surface area (Å²) < 4.78 is 5.60. The molecule has 0 bridgehead atoms. The van der Waals surface area contributed by atoms with Gasteiger partial charge in [0.05, 0.1) is 6.54 Å². The van der Waals surface area contributed by atoms with E-state index in [1.54, 1.807) is 0 Å². The Morgan fingerprint density at radius 3 is 2.50 bits per heavy atom. The average Bonchev–Trinajstić information content (AvgIpc) is 2.68. The molecule has 1 heterocycles. The third kappa shape index (κ3) is 5.48. The second-order valence-electron chi connectivity index (χ2n) is 6.59. The molecule has 0 unspecified atom stereocenters. The minimum atomic E-state index is 0.0919. The maximum absolute atomic E-state index is 12.3. The third-order valence-electron chi connectivity index (χ3n) is 4.72. The van der Waals surface area contributed by atoms with Crippen LogP contribution in [0, 0.1) is 5.92 Å². The highest BCUT2D eigenvalue weighted by atomic mass is 35.5. The van der Waals surface area contributed by atoms with Crippen LogP contribution in [0.3, 0.4) is 0 Å². The number of hydrogen-bond acceptors (Lipinski definition) is 3. The predicted octanol–water partition coefficient (Wildman–Crippen LogP) is 3.75. The molecule has 1 amide bonds. The molecule has 138 valence electrons. The van der Waals surface area contributed by atoms with Gasteiger partial charge >= 0.3 is 0 Å². The standard InChI is InChI=1S/C21H25ClN2O2/c22-20-9-5-4-6-18(20)16-24-13-10-17(11-14-24)21(25)23-12-15-26-19-7-2-1-3-8-19/h1-9,17H,10-16H2,(H,23,25). The minimum Gasteiger partial charge on any atom is -0.492 e. The number of nitrogens with zero attached hydrogens (tertiary/aromatic N) is 1. The molecule has 0 atom stereocenters. The number of carbonyl (C=O) groups excluding carboxylic acids is 1. The van der Waals surface area contributed by atoms with E-state index in [1.807, 2.05) is 48.5 Å². The summed E-state index contributed by atoms with van der Waals surface area (Å²) in [6.45, 7) is 3.71. The van der Waals surface area contributed by atoms with Crippen molar-refractivity contribution in [3.05, 3.63) is 65.2 Å². The van der Waals surface area contributed by atoms with Gasteiger partial charge in [0, 0.05) is 17.5 Å². The van der Waals surface area contributed by atoms with Gasteiger partial charge in [0.1, 0.15) is 12.4 Å². The summed E-state index contributed by atoms with van der Waals surface area (Å²) in [5.74, 6) is 1.06. The monoisotopic (exact) mass is 372 g/mol. The van der Waals surface area contributed by atoms with Gasteiger partial charge < -0.3 is 10.1 Å². The number of likely N-dealkylation sites (tertiary alicyclic amines) is 1. The first-order chi connectivity index (χ1) is 12.7. The first-order valence-electron chi connectivity index (χ1n) is 9.13. The van der Waals surface area contributed by atoms with Gasteiger partial charge in [0.2, 0.25) is 5.91 Å². The Hall–Kier alpha value is -2.04. The van der Waals surface area contributed by atoms with Crippen LogP contribution in [0.2, 0.25) is 5.02 Å². The van der Waals surface area contributed by atoms with Crippen LogP contribution in [-0.2, 0) is 11.3 Å². The van der Waals surface area contributed by atoms with Crippen LogP contribution in [-0.4, -0.2) is 37.0 Å². The lowest BCUT2D eigenvalue weighted by Gasteiger charge is -2.31. The largest absolute Gasteiger partial charge is 0.492 e. The second-order valence-corrected chi connectivity index (χ2v) is 7.00. The zero-order valence-electron chi connectivity index (χ0n) is 14.9. The summed E-state index contributed by atoms with van der Waals surface area (Å²) in [6.07, 6.45) is 1.77. The van der Waals surface area contributed by atoms with Crippen molar-refractivity contribution in [1.82, 2.24) is 10.2 Å². The van der Waals surface area contributed by atoms with E-state index >= 15 is 0 Å². The fourth-order valence-electron chi connectivity index (χ4n) is 3.22. The topological polar surface area (TPSA) is 41.6 Å². The number of para-hydroxylation sites is 1. The van der Waals surface area contributed by atoms with Crippen molar-refractivity contribution in [3.8, 4) is 5.75 Å². The molecule has 1 saturated heterocycles.